The molecule has 6 heteroatoms. The van der Waals surface area contributed by atoms with Crippen molar-refractivity contribution in [3.8, 4) is 0 Å². The Morgan fingerprint density at radius 3 is 2.38 bits per heavy atom. The van der Waals surface area contributed by atoms with E-state index in [4.69, 9.17) is 10.5 Å². The van der Waals surface area contributed by atoms with Crippen LogP contribution in [0.3, 0.4) is 0 Å². The highest BCUT2D eigenvalue weighted by atomic mass is 16.5. The number of anilines is 2. The van der Waals surface area contributed by atoms with Gasteiger partial charge in [0.15, 0.2) is 0 Å². The molecule has 2 aromatic carbocycles. The smallest absolute Gasteiger partial charge is 0.243 e. The number of carbonyl (C=O) groups is 2. The maximum Gasteiger partial charge on any atom is 0.243 e. The molecule has 0 aliphatic carbocycles. The van der Waals surface area contributed by atoms with E-state index in [1.54, 1.807) is 24.3 Å². The topological polar surface area (TPSA) is 93.4 Å². The van der Waals surface area contributed by atoms with Crippen LogP contribution in [0.4, 0.5) is 11.4 Å². The minimum absolute atomic E-state index is 0.124. The third-order valence-electron chi connectivity index (χ3n) is 3.30. The van der Waals surface area contributed by atoms with Crippen LogP contribution >= 0.6 is 0 Å². The van der Waals surface area contributed by atoms with E-state index in [9.17, 15) is 9.59 Å². The molecule has 2 rings (SSSR count). The summed E-state index contributed by atoms with van der Waals surface area (Å²) < 4.78 is 4.85. The Balaban J connectivity index is 1.95. The van der Waals surface area contributed by atoms with Gasteiger partial charge >= 0.3 is 0 Å². The summed E-state index contributed by atoms with van der Waals surface area (Å²) in [5, 5.41) is 5.51. The normalized spacial score (nSPS) is 11.6. The molecule has 0 aliphatic rings. The molecule has 0 aromatic heterocycles. The molecule has 0 aliphatic heterocycles. The molecular formula is C18H21N3O3. The van der Waals surface area contributed by atoms with Gasteiger partial charge in [0.25, 0.3) is 0 Å². The molecule has 6 nitrogen and oxygen atoms in total. The highest BCUT2D eigenvalue weighted by Crippen LogP contribution is 2.15. The Bertz CT molecular complexity index is 689. The molecule has 0 fully saturated rings. The summed E-state index contributed by atoms with van der Waals surface area (Å²) in [4.78, 5) is 23.9. The van der Waals surface area contributed by atoms with Crippen LogP contribution in [0.25, 0.3) is 0 Å². The Morgan fingerprint density at radius 1 is 1.04 bits per heavy atom. The number of rotatable bonds is 7. The molecule has 0 saturated heterocycles. The van der Waals surface area contributed by atoms with E-state index in [-0.39, 0.29) is 24.8 Å². The number of hydrogen-bond acceptors (Lipinski definition) is 4. The van der Waals surface area contributed by atoms with Gasteiger partial charge in [0.05, 0.1) is 13.0 Å². The van der Waals surface area contributed by atoms with Crippen molar-refractivity contribution in [3.63, 3.8) is 0 Å². The molecule has 0 saturated carbocycles. The van der Waals surface area contributed by atoms with Crippen LogP contribution in [0.15, 0.2) is 54.6 Å². The third kappa shape index (κ3) is 5.49. The third-order valence-corrected chi connectivity index (χ3v) is 3.30. The first-order valence-electron chi connectivity index (χ1n) is 7.57. The lowest BCUT2D eigenvalue weighted by molar-refractivity contribution is -0.118. The van der Waals surface area contributed by atoms with Crippen molar-refractivity contribution in [2.24, 2.45) is 5.73 Å². The van der Waals surface area contributed by atoms with Gasteiger partial charge in [-0.2, -0.15) is 0 Å². The zero-order chi connectivity index (χ0) is 17.4. The number of amides is 2. The number of benzene rings is 2. The van der Waals surface area contributed by atoms with E-state index in [0.717, 1.165) is 5.56 Å². The quantitative estimate of drug-likeness (QED) is 0.722. The number of ether oxygens (including phenoxy) is 1. The number of hydrogen-bond donors (Lipinski definition) is 3. The summed E-state index contributed by atoms with van der Waals surface area (Å²) >= 11 is 0. The van der Waals surface area contributed by atoms with Crippen LogP contribution in [0.5, 0.6) is 0 Å². The minimum atomic E-state index is -0.744. The summed E-state index contributed by atoms with van der Waals surface area (Å²) in [5.74, 6) is -0.467. The molecule has 2 aromatic rings. The van der Waals surface area contributed by atoms with Crippen molar-refractivity contribution in [2.75, 3.05) is 24.4 Å². The first-order valence-corrected chi connectivity index (χ1v) is 7.57. The fourth-order valence-electron chi connectivity index (χ4n) is 2.15. The van der Waals surface area contributed by atoms with E-state index in [0.29, 0.717) is 11.4 Å². The molecule has 24 heavy (non-hydrogen) atoms. The molecule has 2 amide bonds. The Hall–Kier alpha value is -2.70. The van der Waals surface area contributed by atoms with Gasteiger partial charge in [-0.15, -0.1) is 0 Å². The molecular weight excluding hydrogens is 306 g/mol. The zero-order valence-electron chi connectivity index (χ0n) is 13.5. The Labute approximate surface area is 141 Å². The summed E-state index contributed by atoms with van der Waals surface area (Å²) in [7, 11) is 1.48. The van der Waals surface area contributed by atoms with E-state index in [1.165, 1.54) is 7.11 Å². The number of nitrogens with two attached hydrogens (primary N) is 1. The van der Waals surface area contributed by atoms with Gasteiger partial charge < -0.3 is 21.1 Å². The van der Waals surface area contributed by atoms with Crippen LogP contribution < -0.4 is 16.4 Å². The van der Waals surface area contributed by atoms with Gasteiger partial charge in [0, 0.05) is 18.5 Å². The molecule has 0 unspecified atom stereocenters. The monoisotopic (exact) mass is 327 g/mol. The highest BCUT2D eigenvalue weighted by molar-refractivity contribution is 5.96. The van der Waals surface area contributed by atoms with E-state index < -0.39 is 6.04 Å². The van der Waals surface area contributed by atoms with Crippen LogP contribution in [0.2, 0.25) is 0 Å². The zero-order valence-corrected chi connectivity index (χ0v) is 13.5. The first-order chi connectivity index (χ1) is 11.6. The number of nitrogens with one attached hydrogen (secondary N) is 2. The number of carbonyl (C=O) groups excluding carboxylic acids is 2. The average molecular weight is 327 g/mol. The summed E-state index contributed by atoms with van der Waals surface area (Å²) in [6.07, 6.45) is 0.288. The van der Waals surface area contributed by atoms with Crippen molar-refractivity contribution in [3.05, 3.63) is 60.2 Å². The summed E-state index contributed by atoms with van der Waals surface area (Å²) in [5.41, 5.74) is 7.77. The predicted octanol–water partition coefficient (Wildman–Crippen LogP) is 1.78. The van der Waals surface area contributed by atoms with Gasteiger partial charge in [0.2, 0.25) is 11.8 Å². The lowest BCUT2D eigenvalue weighted by Crippen LogP contribution is -2.39. The summed E-state index contributed by atoms with van der Waals surface area (Å²) in [6.45, 7) is 0.138. The molecule has 4 N–H and O–H groups in total. The van der Waals surface area contributed by atoms with Crippen molar-refractivity contribution in [1.29, 1.82) is 0 Å². The van der Waals surface area contributed by atoms with Crippen LogP contribution in [-0.4, -0.2) is 31.6 Å². The van der Waals surface area contributed by atoms with Gasteiger partial charge in [-0.3, -0.25) is 9.59 Å². The molecule has 0 bridgehead atoms. The van der Waals surface area contributed by atoms with Crippen molar-refractivity contribution < 1.29 is 14.3 Å². The SMILES string of the molecule is COC[C@H](N)C(=O)Nc1cccc(NC(=O)Cc2ccccc2)c1. The molecule has 0 heterocycles. The Kier molecular flexibility index (Phi) is 6.48. The van der Waals surface area contributed by atoms with E-state index >= 15 is 0 Å². The van der Waals surface area contributed by atoms with Crippen molar-refractivity contribution in [1.82, 2.24) is 0 Å². The largest absolute Gasteiger partial charge is 0.383 e. The van der Waals surface area contributed by atoms with Crippen LogP contribution in [0, 0.1) is 0 Å². The maximum absolute atomic E-state index is 12.1. The predicted molar refractivity (Wildman–Crippen MR) is 93.7 cm³/mol. The lowest BCUT2D eigenvalue weighted by Gasteiger charge is -2.12. The standard InChI is InChI=1S/C18H21N3O3/c1-24-12-16(19)18(23)21-15-9-5-8-14(11-15)20-17(22)10-13-6-3-2-4-7-13/h2-9,11,16H,10,12,19H2,1H3,(H,20,22)(H,21,23)/t16-/m0/s1. The maximum atomic E-state index is 12.1. The van der Waals surface area contributed by atoms with E-state index in [1.807, 2.05) is 30.3 Å². The van der Waals surface area contributed by atoms with Crippen LogP contribution in [0.1, 0.15) is 5.56 Å². The second-order valence-electron chi connectivity index (χ2n) is 5.34. The van der Waals surface area contributed by atoms with Gasteiger partial charge in [0.1, 0.15) is 6.04 Å². The van der Waals surface area contributed by atoms with Gasteiger partial charge in [-0.25, -0.2) is 0 Å². The van der Waals surface area contributed by atoms with Crippen molar-refractivity contribution in [2.45, 2.75) is 12.5 Å². The van der Waals surface area contributed by atoms with E-state index in [2.05, 4.69) is 10.6 Å². The van der Waals surface area contributed by atoms with Crippen LogP contribution in [-0.2, 0) is 20.7 Å². The second kappa shape index (κ2) is 8.81. The first kappa shape index (κ1) is 17.7. The highest BCUT2D eigenvalue weighted by Gasteiger charge is 2.13. The molecule has 126 valence electrons. The Morgan fingerprint density at radius 2 is 1.71 bits per heavy atom. The fourth-order valence-corrected chi connectivity index (χ4v) is 2.15. The minimum Gasteiger partial charge on any atom is -0.383 e. The molecule has 0 radical (unpaired) electrons. The van der Waals surface area contributed by atoms with Gasteiger partial charge in [-0.1, -0.05) is 36.4 Å². The average Bonchev–Trinajstić information content (AvgIpc) is 2.56. The van der Waals surface area contributed by atoms with Gasteiger partial charge in [-0.05, 0) is 23.8 Å². The van der Waals surface area contributed by atoms with Crippen molar-refractivity contribution >= 4 is 23.2 Å². The summed E-state index contributed by atoms with van der Waals surface area (Å²) in [6, 6.07) is 15.6. The fraction of sp³-hybridized carbons (Fsp3) is 0.222. The molecule has 0 spiro atoms. The molecule has 1 atom stereocenters. The number of methoxy groups -OCH3 is 1. The second-order valence-corrected chi connectivity index (χ2v) is 5.34. The lowest BCUT2D eigenvalue weighted by atomic mass is 10.1.